The molecule has 4 aromatic rings. The van der Waals surface area contributed by atoms with E-state index in [1.807, 2.05) is 24.3 Å². The van der Waals surface area contributed by atoms with E-state index in [-0.39, 0.29) is 33.3 Å². The van der Waals surface area contributed by atoms with Crippen molar-refractivity contribution in [3.05, 3.63) is 118 Å². The van der Waals surface area contributed by atoms with Crippen LogP contribution in [-0.4, -0.2) is 34.0 Å². The summed E-state index contributed by atoms with van der Waals surface area (Å²) in [6.45, 7) is 12.4. The fraction of sp³-hybridized carbons (Fsp3) is 0.222. The van der Waals surface area contributed by atoms with Crippen molar-refractivity contribution >= 4 is 35.1 Å². The van der Waals surface area contributed by atoms with Gasteiger partial charge in [0.25, 0.3) is 11.8 Å². The minimum atomic E-state index is -1.26. The zero-order valence-electron chi connectivity index (χ0n) is 25.6. The molecule has 0 saturated heterocycles. The van der Waals surface area contributed by atoms with E-state index in [4.69, 9.17) is 0 Å². The van der Waals surface area contributed by atoms with Crippen LogP contribution in [0.3, 0.4) is 0 Å². The van der Waals surface area contributed by atoms with E-state index < -0.39 is 23.8 Å². The summed E-state index contributed by atoms with van der Waals surface area (Å²) in [5, 5.41) is 25.2. The molecule has 0 unspecified atom stereocenters. The summed E-state index contributed by atoms with van der Waals surface area (Å²) in [4.78, 5) is 50.1. The lowest BCUT2D eigenvalue weighted by molar-refractivity contribution is 0.0686. The second kappa shape index (κ2) is 12.2. The number of rotatable bonds is 7. The Labute approximate surface area is 256 Å². The standard InChI is InChI=1S/C36H36N2O6/c1-35(2,3)25-13-7-21(8-14-25)31(39)37-29-17-11-23(19-27(29)33(41)42)24-12-18-30(28(20-24)34(43)44)38-32(40)22-9-15-26(16-10-22)36(4,5)6/h7-20H,1-6H3,(H,37,39)(H,38,40)(H,41,42)(H,43,44). The van der Waals surface area contributed by atoms with E-state index in [0.717, 1.165) is 11.1 Å². The van der Waals surface area contributed by atoms with Gasteiger partial charge in [0, 0.05) is 11.1 Å². The third-order valence-electron chi connectivity index (χ3n) is 7.36. The topological polar surface area (TPSA) is 133 Å². The third-order valence-corrected chi connectivity index (χ3v) is 7.36. The molecule has 0 aliphatic heterocycles. The molecule has 0 aromatic heterocycles. The molecule has 2 amide bonds. The smallest absolute Gasteiger partial charge is 0.337 e. The van der Waals surface area contributed by atoms with E-state index >= 15 is 0 Å². The molecular formula is C36H36N2O6. The molecule has 8 heteroatoms. The van der Waals surface area contributed by atoms with Crippen LogP contribution in [0.25, 0.3) is 11.1 Å². The molecule has 4 rings (SSSR count). The number of carbonyl (C=O) groups is 4. The summed E-state index contributed by atoms with van der Waals surface area (Å²) in [6.07, 6.45) is 0. The SMILES string of the molecule is CC(C)(C)c1ccc(C(=O)Nc2ccc(-c3ccc(NC(=O)c4ccc(C(C)(C)C)cc4)c(C(=O)O)c3)cc2C(=O)O)cc1. The molecule has 0 heterocycles. The molecule has 0 aliphatic rings. The lowest BCUT2D eigenvalue weighted by Crippen LogP contribution is -2.16. The maximum atomic E-state index is 12.9. The molecule has 0 saturated carbocycles. The van der Waals surface area contributed by atoms with E-state index in [1.165, 1.54) is 24.3 Å². The lowest BCUT2D eigenvalue weighted by atomic mass is 9.86. The number of amides is 2. The number of carboxylic acids is 2. The molecular weight excluding hydrogens is 556 g/mol. The second-order valence-electron chi connectivity index (χ2n) is 12.7. The van der Waals surface area contributed by atoms with E-state index in [1.54, 1.807) is 36.4 Å². The van der Waals surface area contributed by atoms with Crippen LogP contribution in [0.4, 0.5) is 11.4 Å². The van der Waals surface area contributed by atoms with Gasteiger partial charge in [-0.15, -0.1) is 0 Å². The molecule has 0 bridgehead atoms. The molecule has 0 radical (unpaired) electrons. The van der Waals surface area contributed by atoms with Gasteiger partial charge in [-0.3, -0.25) is 9.59 Å². The molecule has 0 spiro atoms. The van der Waals surface area contributed by atoms with Gasteiger partial charge in [0.2, 0.25) is 0 Å². The molecule has 0 atom stereocenters. The summed E-state index contributed by atoms with van der Waals surface area (Å²) >= 11 is 0. The Morgan fingerprint density at radius 1 is 0.500 bits per heavy atom. The molecule has 226 valence electrons. The van der Waals surface area contributed by atoms with Crippen molar-refractivity contribution in [3.63, 3.8) is 0 Å². The van der Waals surface area contributed by atoms with Gasteiger partial charge in [0.05, 0.1) is 22.5 Å². The fourth-order valence-corrected chi connectivity index (χ4v) is 4.65. The molecule has 4 aromatic carbocycles. The number of hydrogen-bond donors (Lipinski definition) is 4. The van der Waals surface area contributed by atoms with Crippen LogP contribution in [0.5, 0.6) is 0 Å². The molecule has 44 heavy (non-hydrogen) atoms. The molecule has 0 aliphatic carbocycles. The van der Waals surface area contributed by atoms with Crippen molar-refractivity contribution in [2.24, 2.45) is 0 Å². The fourth-order valence-electron chi connectivity index (χ4n) is 4.65. The van der Waals surface area contributed by atoms with Crippen LogP contribution in [0, 0.1) is 0 Å². The molecule has 8 nitrogen and oxygen atoms in total. The van der Waals surface area contributed by atoms with E-state index in [0.29, 0.717) is 22.3 Å². The molecule has 0 fully saturated rings. The Bertz CT molecular complexity index is 1610. The van der Waals surface area contributed by atoms with Gasteiger partial charge in [-0.25, -0.2) is 9.59 Å². The average molecular weight is 593 g/mol. The number of benzene rings is 4. The lowest BCUT2D eigenvalue weighted by Gasteiger charge is -2.19. The van der Waals surface area contributed by atoms with Gasteiger partial charge in [-0.2, -0.15) is 0 Å². The zero-order chi connectivity index (χ0) is 32.4. The monoisotopic (exact) mass is 592 g/mol. The van der Waals surface area contributed by atoms with Crippen LogP contribution >= 0.6 is 0 Å². The summed E-state index contributed by atoms with van der Waals surface area (Å²) in [6, 6.07) is 23.1. The Morgan fingerprint density at radius 3 is 1.09 bits per heavy atom. The Hall–Kier alpha value is -5.24. The Morgan fingerprint density at radius 2 is 0.818 bits per heavy atom. The number of hydrogen-bond acceptors (Lipinski definition) is 4. The number of carbonyl (C=O) groups excluding carboxylic acids is 2. The van der Waals surface area contributed by atoms with Crippen LogP contribution in [0.1, 0.15) is 94.1 Å². The highest BCUT2D eigenvalue weighted by Gasteiger charge is 2.20. The first-order chi connectivity index (χ1) is 20.5. The zero-order valence-corrected chi connectivity index (χ0v) is 25.6. The minimum Gasteiger partial charge on any atom is -0.478 e. The van der Waals surface area contributed by atoms with Crippen molar-refractivity contribution in [3.8, 4) is 11.1 Å². The first kappa shape index (κ1) is 31.7. The number of carboxylic acid groups (broad SMARTS) is 2. The molecule has 4 N–H and O–H groups in total. The van der Waals surface area contributed by atoms with Crippen molar-refractivity contribution in [1.82, 2.24) is 0 Å². The average Bonchev–Trinajstić information content (AvgIpc) is 2.96. The van der Waals surface area contributed by atoms with Gasteiger partial charge in [-0.05, 0) is 81.6 Å². The Balaban J connectivity index is 1.58. The maximum absolute atomic E-state index is 12.9. The van der Waals surface area contributed by atoms with Gasteiger partial charge >= 0.3 is 11.9 Å². The largest absolute Gasteiger partial charge is 0.478 e. The van der Waals surface area contributed by atoms with Crippen molar-refractivity contribution < 1.29 is 29.4 Å². The predicted octanol–water partition coefficient (Wildman–Crippen LogP) is 7.85. The van der Waals surface area contributed by atoms with Gasteiger partial charge < -0.3 is 20.8 Å². The Kier molecular flexibility index (Phi) is 8.76. The van der Waals surface area contributed by atoms with E-state index in [2.05, 4.69) is 52.2 Å². The van der Waals surface area contributed by atoms with Gasteiger partial charge in [-0.1, -0.05) is 77.9 Å². The normalized spacial score (nSPS) is 11.5. The number of aromatic carboxylic acids is 2. The third kappa shape index (κ3) is 7.21. The van der Waals surface area contributed by atoms with Crippen LogP contribution < -0.4 is 10.6 Å². The number of nitrogens with one attached hydrogen (secondary N) is 2. The van der Waals surface area contributed by atoms with Gasteiger partial charge in [0.1, 0.15) is 0 Å². The first-order valence-electron chi connectivity index (χ1n) is 14.1. The second-order valence-corrected chi connectivity index (χ2v) is 12.7. The van der Waals surface area contributed by atoms with Crippen molar-refractivity contribution in [2.75, 3.05) is 10.6 Å². The summed E-state index contributed by atoms with van der Waals surface area (Å²) in [7, 11) is 0. The van der Waals surface area contributed by atoms with E-state index in [9.17, 15) is 29.4 Å². The number of anilines is 2. The summed E-state index contributed by atoms with van der Waals surface area (Å²) in [5.41, 5.74) is 3.47. The maximum Gasteiger partial charge on any atom is 0.337 e. The van der Waals surface area contributed by atoms with Gasteiger partial charge in [0.15, 0.2) is 0 Å². The highest BCUT2D eigenvalue weighted by molar-refractivity contribution is 6.09. The highest BCUT2D eigenvalue weighted by atomic mass is 16.4. The van der Waals surface area contributed by atoms with Crippen LogP contribution in [0.2, 0.25) is 0 Å². The minimum absolute atomic E-state index is 0.0794. The first-order valence-corrected chi connectivity index (χ1v) is 14.1. The van der Waals surface area contributed by atoms with Crippen LogP contribution in [0.15, 0.2) is 84.9 Å². The summed E-state index contributed by atoms with van der Waals surface area (Å²) in [5.74, 6) is -3.43. The highest BCUT2D eigenvalue weighted by Crippen LogP contribution is 2.30. The van der Waals surface area contributed by atoms with Crippen LogP contribution in [-0.2, 0) is 10.8 Å². The van der Waals surface area contributed by atoms with Crippen molar-refractivity contribution in [2.45, 2.75) is 52.4 Å². The van der Waals surface area contributed by atoms with Crippen molar-refractivity contribution in [1.29, 1.82) is 0 Å². The summed E-state index contributed by atoms with van der Waals surface area (Å²) < 4.78 is 0. The predicted molar refractivity (Wildman–Crippen MR) is 172 cm³/mol. The quantitative estimate of drug-likeness (QED) is 0.173.